The Balaban J connectivity index is 1.72. The molecule has 0 unspecified atom stereocenters. The van der Waals surface area contributed by atoms with Crippen molar-refractivity contribution in [3.63, 3.8) is 0 Å². The van der Waals surface area contributed by atoms with Gasteiger partial charge in [-0.1, -0.05) is 85.4 Å². The van der Waals surface area contributed by atoms with Crippen molar-refractivity contribution >= 4 is 46.6 Å². The molecule has 0 amide bonds. The van der Waals surface area contributed by atoms with E-state index in [1.54, 1.807) is 12.1 Å². The fourth-order valence-electron chi connectivity index (χ4n) is 4.27. The lowest BCUT2D eigenvalue weighted by atomic mass is 9.81. The molecule has 1 aliphatic carbocycles. The maximum absolute atomic E-state index is 14.3. The Morgan fingerprint density at radius 3 is 2.48 bits per heavy atom. The highest BCUT2D eigenvalue weighted by Crippen LogP contribution is 2.42. The molecule has 4 rings (SSSR count). The molecule has 31 heavy (non-hydrogen) atoms. The van der Waals surface area contributed by atoms with E-state index in [1.807, 2.05) is 24.4 Å². The molecule has 3 aromatic rings. The average molecular weight is 498 g/mol. The van der Waals surface area contributed by atoms with E-state index in [0.717, 1.165) is 29.3 Å². The normalized spacial score (nSPS) is 15.0. The summed E-state index contributed by atoms with van der Waals surface area (Å²) in [6.45, 7) is 4.36. The van der Waals surface area contributed by atoms with Crippen LogP contribution >= 0.6 is 46.6 Å². The molecule has 0 bridgehead atoms. The number of aromatic nitrogens is 2. The zero-order valence-corrected chi connectivity index (χ0v) is 20.6. The molecule has 1 fully saturated rings. The highest BCUT2D eigenvalue weighted by atomic mass is 35.5. The number of imidazole rings is 1. The summed E-state index contributed by atoms with van der Waals surface area (Å²) in [5.41, 5.74) is 2.40. The standard InChI is InChI=1S/C24H24Cl3FN2S/c1-24(2,15-10-11-19(26)20(27)12-15)22-13-29-23(30(22)16-6-3-4-7-16)31-14-17-18(25)8-5-9-21(17)28/h5,8-13,16H,3-4,6-7,14H2,1-2H3. The summed E-state index contributed by atoms with van der Waals surface area (Å²) in [7, 11) is 0. The maximum Gasteiger partial charge on any atom is 0.168 e. The molecule has 0 N–H and O–H groups in total. The molecule has 0 radical (unpaired) electrons. The van der Waals surface area contributed by atoms with Crippen LogP contribution < -0.4 is 0 Å². The first-order chi connectivity index (χ1) is 14.8. The van der Waals surface area contributed by atoms with Gasteiger partial charge in [-0.15, -0.1) is 0 Å². The Labute approximate surface area is 202 Å². The summed E-state index contributed by atoms with van der Waals surface area (Å²) < 4.78 is 16.6. The lowest BCUT2D eigenvalue weighted by molar-refractivity contribution is 0.433. The van der Waals surface area contributed by atoms with Crippen LogP contribution in [0, 0.1) is 5.82 Å². The van der Waals surface area contributed by atoms with Crippen LogP contribution in [0.2, 0.25) is 15.1 Å². The Morgan fingerprint density at radius 2 is 1.81 bits per heavy atom. The van der Waals surface area contributed by atoms with Crippen LogP contribution in [0.15, 0.2) is 47.8 Å². The number of halogens is 4. The first-order valence-corrected chi connectivity index (χ1v) is 12.5. The van der Waals surface area contributed by atoms with E-state index in [9.17, 15) is 4.39 Å². The van der Waals surface area contributed by atoms with Gasteiger partial charge in [-0.05, 0) is 42.7 Å². The third-order valence-electron chi connectivity index (χ3n) is 6.14. The molecule has 1 saturated carbocycles. The van der Waals surface area contributed by atoms with E-state index < -0.39 is 0 Å². The zero-order chi connectivity index (χ0) is 22.2. The van der Waals surface area contributed by atoms with E-state index in [2.05, 4.69) is 18.4 Å². The molecular formula is C24H24Cl3FN2S. The van der Waals surface area contributed by atoms with Crippen LogP contribution in [0.5, 0.6) is 0 Å². The highest BCUT2D eigenvalue weighted by Gasteiger charge is 2.33. The topological polar surface area (TPSA) is 17.8 Å². The molecule has 2 aromatic carbocycles. The summed E-state index contributed by atoms with van der Waals surface area (Å²) in [4.78, 5) is 4.77. The highest BCUT2D eigenvalue weighted by molar-refractivity contribution is 7.98. The molecule has 1 heterocycles. The fourth-order valence-corrected chi connectivity index (χ4v) is 5.96. The quantitative estimate of drug-likeness (QED) is 0.317. The minimum atomic E-state index is -0.321. The van der Waals surface area contributed by atoms with Crippen molar-refractivity contribution in [2.75, 3.05) is 0 Å². The van der Waals surface area contributed by atoms with Gasteiger partial charge in [-0.25, -0.2) is 9.37 Å². The van der Waals surface area contributed by atoms with E-state index >= 15 is 0 Å². The van der Waals surface area contributed by atoms with Gasteiger partial charge in [0, 0.05) is 33.5 Å². The summed E-state index contributed by atoms with van der Waals surface area (Å²) in [5, 5.41) is 2.43. The minimum Gasteiger partial charge on any atom is -0.319 e. The number of rotatable bonds is 6. The van der Waals surface area contributed by atoms with Crippen molar-refractivity contribution in [2.45, 2.75) is 61.9 Å². The smallest absolute Gasteiger partial charge is 0.168 e. The van der Waals surface area contributed by atoms with Gasteiger partial charge < -0.3 is 4.57 Å². The van der Waals surface area contributed by atoms with Crippen molar-refractivity contribution in [1.82, 2.24) is 9.55 Å². The van der Waals surface area contributed by atoms with Crippen molar-refractivity contribution in [3.05, 3.63) is 80.3 Å². The molecule has 0 spiro atoms. The molecule has 2 nitrogen and oxygen atoms in total. The van der Waals surface area contributed by atoms with Gasteiger partial charge in [0.2, 0.25) is 0 Å². The molecule has 1 aromatic heterocycles. The lowest BCUT2D eigenvalue weighted by Gasteiger charge is -2.30. The second kappa shape index (κ2) is 9.35. The summed E-state index contributed by atoms with van der Waals surface area (Å²) in [6.07, 6.45) is 6.60. The number of nitrogens with zero attached hydrogens (tertiary/aromatic N) is 2. The van der Waals surface area contributed by atoms with Crippen LogP contribution in [-0.2, 0) is 11.2 Å². The SMILES string of the molecule is CC(C)(c1ccc(Cl)c(Cl)c1)c1cnc(SCc2c(F)cccc2Cl)n1C1CCCC1. The number of thioether (sulfide) groups is 1. The van der Waals surface area contributed by atoms with Crippen LogP contribution in [0.25, 0.3) is 0 Å². The Bertz CT molecular complexity index is 1070. The van der Waals surface area contributed by atoms with E-state index in [-0.39, 0.29) is 11.2 Å². The third-order valence-corrected chi connectivity index (χ3v) is 8.23. The Hall–Kier alpha value is -1.20. The van der Waals surface area contributed by atoms with Crippen molar-refractivity contribution < 1.29 is 4.39 Å². The average Bonchev–Trinajstić information content (AvgIpc) is 3.39. The monoisotopic (exact) mass is 496 g/mol. The Kier molecular flexibility index (Phi) is 6.93. The second-order valence-corrected chi connectivity index (χ2v) is 10.6. The maximum atomic E-state index is 14.3. The molecule has 0 atom stereocenters. The number of hydrogen-bond donors (Lipinski definition) is 0. The van der Waals surface area contributed by atoms with Crippen LogP contribution in [0.1, 0.15) is 62.4 Å². The second-order valence-electron chi connectivity index (χ2n) is 8.48. The third kappa shape index (κ3) is 4.64. The van der Waals surface area contributed by atoms with Gasteiger partial charge in [-0.3, -0.25) is 0 Å². The van der Waals surface area contributed by atoms with Crippen molar-refractivity contribution in [2.24, 2.45) is 0 Å². The Morgan fingerprint density at radius 1 is 1.06 bits per heavy atom. The molecule has 7 heteroatoms. The predicted octanol–water partition coefficient (Wildman–Crippen LogP) is 8.72. The summed E-state index contributed by atoms with van der Waals surface area (Å²) in [5.74, 6) is 0.150. The van der Waals surface area contributed by atoms with Gasteiger partial charge in [0.25, 0.3) is 0 Å². The number of benzene rings is 2. The summed E-state index contributed by atoms with van der Waals surface area (Å²) in [6, 6.07) is 11.0. The van der Waals surface area contributed by atoms with Gasteiger partial charge in [-0.2, -0.15) is 0 Å². The van der Waals surface area contributed by atoms with E-state index in [1.165, 1.54) is 30.7 Å². The van der Waals surface area contributed by atoms with E-state index in [0.29, 0.717) is 32.4 Å². The van der Waals surface area contributed by atoms with Crippen LogP contribution in [0.4, 0.5) is 4.39 Å². The molecule has 164 valence electrons. The molecule has 0 aliphatic heterocycles. The predicted molar refractivity (Wildman–Crippen MR) is 129 cm³/mol. The molecule has 0 saturated heterocycles. The first-order valence-electron chi connectivity index (χ1n) is 10.4. The van der Waals surface area contributed by atoms with Crippen molar-refractivity contribution in [3.8, 4) is 0 Å². The van der Waals surface area contributed by atoms with E-state index in [4.69, 9.17) is 39.8 Å². The van der Waals surface area contributed by atoms with Crippen molar-refractivity contribution in [1.29, 1.82) is 0 Å². The largest absolute Gasteiger partial charge is 0.319 e. The van der Waals surface area contributed by atoms with Gasteiger partial charge in [0.1, 0.15) is 5.82 Å². The van der Waals surface area contributed by atoms with Gasteiger partial charge >= 0.3 is 0 Å². The number of hydrogen-bond acceptors (Lipinski definition) is 2. The fraction of sp³-hybridized carbons (Fsp3) is 0.375. The van der Waals surface area contributed by atoms with Gasteiger partial charge in [0.15, 0.2) is 5.16 Å². The molecule has 1 aliphatic rings. The summed E-state index contributed by atoms with van der Waals surface area (Å²) >= 11 is 20.2. The lowest BCUT2D eigenvalue weighted by Crippen LogP contribution is -2.25. The van der Waals surface area contributed by atoms with Gasteiger partial charge in [0.05, 0.1) is 16.2 Å². The minimum absolute atomic E-state index is 0.282. The van der Waals surface area contributed by atoms with Crippen LogP contribution in [-0.4, -0.2) is 9.55 Å². The zero-order valence-electron chi connectivity index (χ0n) is 17.5. The van der Waals surface area contributed by atoms with Crippen LogP contribution in [0.3, 0.4) is 0 Å². The first kappa shape index (κ1) is 23.0. The molecular weight excluding hydrogens is 474 g/mol.